The van der Waals surface area contributed by atoms with Gasteiger partial charge in [0.05, 0.1) is 27.5 Å². The Hall–Kier alpha value is -3.48. The summed E-state index contributed by atoms with van der Waals surface area (Å²) < 4.78 is 15.9. The van der Waals surface area contributed by atoms with Gasteiger partial charge in [-0.15, -0.1) is 0 Å². The van der Waals surface area contributed by atoms with Crippen molar-refractivity contribution in [1.82, 2.24) is 10.4 Å². The SMILES string of the molecule is COc1cc(/C=N/NC(=O)CCCc2c[nH]c3ccccc23)cc(OC)c1OC. The molecule has 1 heterocycles. The summed E-state index contributed by atoms with van der Waals surface area (Å²) in [7, 11) is 4.64. The van der Waals surface area contributed by atoms with E-state index in [2.05, 4.69) is 21.6 Å². The molecule has 0 atom stereocenters. The Bertz CT molecular complexity index is 985. The number of amides is 1. The molecule has 1 aromatic heterocycles. The minimum absolute atomic E-state index is 0.131. The van der Waals surface area contributed by atoms with Crippen LogP contribution in [0, 0.1) is 0 Å². The number of benzene rings is 2. The number of aryl methyl sites for hydroxylation is 1. The van der Waals surface area contributed by atoms with Crippen LogP contribution in [0.3, 0.4) is 0 Å². The zero-order valence-corrected chi connectivity index (χ0v) is 16.8. The topological polar surface area (TPSA) is 84.9 Å². The summed E-state index contributed by atoms with van der Waals surface area (Å²) >= 11 is 0. The Morgan fingerprint density at radius 1 is 1.10 bits per heavy atom. The largest absolute Gasteiger partial charge is 0.493 e. The zero-order valence-electron chi connectivity index (χ0n) is 16.8. The number of aromatic nitrogens is 1. The summed E-state index contributed by atoms with van der Waals surface area (Å²) in [6.45, 7) is 0. The van der Waals surface area contributed by atoms with Crippen LogP contribution in [0.5, 0.6) is 17.2 Å². The fourth-order valence-corrected chi connectivity index (χ4v) is 3.19. The first-order chi connectivity index (χ1) is 14.2. The molecule has 0 spiro atoms. The second-order valence-electron chi connectivity index (χ2n) is 6.46. The summed E-state index contributed by atoms with van der Waals surface area (Å²) in [5.41, 5.74) is 5.61. The van der Waals surface area contributed by atoms with E-state index in [1.54, 1.807) is 39.7 Å². The maximum Gasteiger partial charge on any atom is 0.240 e. The van der Waals surface area contributed by atoms with E-state index in [9.17, 15) is 4.79 Å². The predicted molar refractivity (Wildman–Crippen MR) is 113 cm³/mol. The predicted octanol–water partition coefficient (Wildman–Crippen LogP) is 3.67. The van der Waals surface area contributed by atoms with Gasteiger partial charge in [-0.05, 0) is 36.6 Å². The lowest BCUT2D eigenvalue weighted by molar-refractivity contribution is -0.121. The van der Waals surface area contributed by atoms with Crippen LogP contribution in [-0.4, -0.2) is 38.4 Å². The van der Waals surface area contributed by atoms with E-state index < -0.39 is 0 Å². The molecule has 0 saturated carbocycles. The molecule has 7 heteroatoms. The molecule has 1 amide bonds. The van der Waals surface area contributed by atoms with E-state index in [-0.39, 0.29) is 5.91 Å². The van der Waals surface area contributed by atoms with Gasteiger partial charge in [-0.1, -0.05) is 18.2 Å². The molecule has 3 rings (SSSR count). The van der Waals surface area contributed by atoms with E-state index in [0.29, 0.717) is 23.7 Å². The molecule has 0 saturated heterocycles. The highest BCUT2D eigenvalue weighted by Crippen LogP contribution is 2.37. The van der Waals surface area contributed by atoms with Gasteiger partial charge in [-0.3, -0.25) is 4.79 Å². The Labute approximate surface area is 169 Å². The van der Waals surface area contributed by atoms with Gasteiger partial charge in [0.15, 0.2) is 11.5 Å². The molecule has 0 aliphatic heterocycles. The average molecular weight is 395 g/mol. The van der Waals surface area contributed by atoms with Crippen molar-refractivity contribution in [1.29, 1.82) is 0 Å². The molecule has 2 N–H and O–H groups in total. The summed E-state index contributed by atoms with van der Waals surface area (Å²) in [4.78, 5) is 15.3. The number of aromatic amines is 1. The first kappa shape index (κ1) is 20.3. The number of methoxy groups -OCH3 is 3. The summed E-state index contributed by atoms with van der Waals surface area (Å²) in [6.07, 6.45) is 5.51. The third-order valence-corrected chi connectivity index (χ3v) is 4.61. The van der Waals surface area contributed by atoms with Gasteiger partial charge in [-0.2, -0.15) is 5.10 Å². The van der Waals surface area contributed by atoms with Crippen molar-refractivity contribution < 1.29 is 19.0 Å². The van der Waals surface area contributed by atoms with Crippen molar-refractivity contribution in [2.75, 3.05) is 21.3 Å². The van der Waals surface area contributed by atoms with Crippen LogP contribution in [0.1, 0.15) is 24.0 Å². The number of ether oxygens (including phenoxy) is 3. The van der Waals surface area contributed by atoms with Crippen molar-refractivity contribution in [2.45, 2.75) is 19.3 Å². The van der Waals surface area contributed by atoms with Crippen LogP contribution in [0.2, 0.25) is 0 Å². The number of rotatable bonds is 9. The third-order valence-electron chi connectivity index (χ3n) is 4.61. The Kier molecular flexibility index (Phi) is 6.73. The lowest BCUT2D eigenvalue weighted by Gasteiger charge is -2.12. The molecule has 0 radical (unpaired) electrons. The first-order valence-electron chi connectivity index (χ1n) is 9.33. The number of hydrazone groups is 1. The second kappa shape index (κ2) is 9.64. The minimum Gasteiger partial charge on any atom is -0.493 e. The second-order valence-corrected chi connectivity index (χ2v) is 6.46. The summed E-state index contributed by atoms with van der Waals surface area (Å²) in [6, 6.07) is 11.7. The van der Waals surface area contributed by atoms with Gasteiger partial charge in [0.1, 0.15) is 0 Å². The molecular formula is C22H25N3O4. The number of nitrogens with one attached hydrogen (secondary N) is 2. The van der Waals surface area contributed by atoms with E-state index >= 15 is 0 Å². The lowest BCUT2D eigenvalue weighted by atomic mass is 10.1. The van der Waals surface area contributed by atoms with Crippen LogP contribution in [0.4, 0.5) is 0 Å². The number of hydrogen-bond acceptors (Lipinski definition) is 5. The van der Waals surface area contributed by atoms with Gasteiger partial charge >= 0.3 is 0 Å². The number of carbonyl (C=O) groups excluding carboxylic acids is 1. The average Bonchev–Trinajstić information content (AvgIpc) is 3.16. The first-order valence-corrected chi connectivity index (χ1v) is 9.33. The molecule has 3 aromatic rings. The number of fused-ring (bicyclic) bond motifs is 1. The Balaban J connectivity index is 1.53. The number of para-hydroxylation sites is 1. The normalized spacial score (nSPS) is 11.0. The molecule has 0 fully saturated rings. The van der Waals surface area contributed by atoms with Crippen LogP contribution in [0.15, 0.2) is 47.7 Å². The maximum absolute atomic E-state index is 12.1. The van der Waals surface area contributed by atoms with Crippen molar-refractivity contribution in [3.63, 3.8) is 0 Å². The van der Waals surface area contributed by atoms with E-state index in [1.807, 2.05) is 24.4 Å². The molecule has 152 valence electrons. The van der Waals surface area contributed by atoms with Crippen LogP contribution in [0.25, 0.3) is 10.9 Å². The van der Waals surface area contributed by atoms with E-state index in [4.69, 9.17) is 14.2 Å². The monoisotopic (exact) mass is 395 g/mol. The van der Waals surface area contributed by atoms with Crippen molar-refractivity contribution in [3.05, 3.63) is 53.7 Å². The number of carbonyl (C=O) groups is 1. The van der Waals surface area contributed by atoms with Gasteiger partial charge in [0.2, 0.25) is 11.7 Å². The Morgan fingerprint density at radius 2 is 1.83 bits per heavy atom. The zero-order chi connectivity index (χ0) is 20.6. The highest BCUT2D eigenvalue weighted by atomic mass is 16.5. The van der Waals surface area contributed by atoms with Crippen LogP contribution in [-0.2, 0) is 11.2 Å². The summed E-state index contributed by atoms with van der Waals surface area (Å²) in [5, 5.41) is 5.23. The minimum atomic E-state index is -0.131. The number of H-pyrrole nitrogens is 1. The van der Waals surface area contributed by atoms with Gasteiger partial charge in [0.25, 0.3) is 0 Å². The number of nitrogens with zero attached hydrogens (tertiary/aromatic N) is 1. The smallest absolute Gasteiger partial charge is 0.240 e. The van der Waals surface area contributed by atoms with Gasteiger partial charge < -0.3 is 19.2 Å². The van der Waals surface area contributed by atoms with Crippen molar-refractivity contribution in [2.24, 2.45) is 5.10 Å². The fraction of sp³-hybridized carbons (Fsp3) is 0.273. The van der Waals surface area contributed by atoms with Gasteiger partial charge in [-0.25, -0.2) is 5.43 Å². The maximum atomic E-state index is 12.1. The molecule has 7 nitrogen and oxygen atoms in total. The molecule has 0 unspecified atom stereocenters. The standard InChI is InChI=1S/C22H25N3O4/c1-27-19-11-15(12-20(28-2)22(19)29-3)13-24-25-21(26)10-6-7-16-14-23-18-9-5-4-8-17(16)18/h4-5,8-9,11-14,23H,6-7,10H2,1-3H3,(H,25,26)/b24-13+. The molecule has 29 heavy (non-hydrogen) atoms. The highest BCUT2D eigenvalue weighted by molar-refractivity contribution is 5.85. The van der Waals surface area contributed by atoms with Crippen molar-refractivity contribution >= 4 is 23.0 Å². The van der Waals surface area contributed by atoms with Crippen LogP contribution >= 0.6 is 0 Å². The highest BCUT2D eigenvalue weighted by Gasteiger charge is 2.12. The number of hydrogen-bond donors (Lipinski definition) is 2. The fourth-order valence-electron chi connectivity index (χ4n) is 3.19. The van der Waals surface area contributed by atoms with E-state index in [0.717, 1.165) is 23.9 Å². The lowest BCUT2D eigenvalue weighted by Crippen LogP contribution is -2.17. The molecule has 0 aliphatic rings. The van der Waals surface area contributed by atoms with Crippen LogP contribution < -0.4 is 19.6 Å². The molecule has 0 bridgehead atoms. The quantitative estimate of drug-likeness (QED) is 0.428. The van der Waals surface area contributed by atoms with E-state index in [1.165, 1.54) is 10.9 Å². The molecular weight excluding hydrogens is 370 g/mol. The third kappa shape index (κ3) is 4.87. The van der Waals surface area contributed by atoms with Crippen molar-refractivity contribution in [3.8, 4) is 17.2 Å². The Morgan fingerprint density at radius 3 is 2.52 bits per heavy atom. The molecule has 0 aliphatic carbocycles. The van der Waals surface area contributed by atoms with Gasteiger partial charge in [0, 0.05) is 29.1 Å². The summed E-state index contributed by atoms with van der Waals surface area (Å²) in [5.74, 6) is 1.43. The molecule has 2 aromatic carbocycles.